The highest BCUT2D eigenvalue weighted by Gasteiger charge is 2.21. The maximum Gasteiger partial charge on any atom is 0.256 e. The SMILES string of the molecule is Cc1nn(-c2ccc(F)cc2)c(Cl)c1C(=O)NCc1cccc(OCc2ccccc2)c1. The summed E-state index contributed by atoms with van der Waals surface area (Å²) in [7, 11) is 0. The highest BCUT2D eigenvalue weighted by Crippen LogP contribution is 2.24. The van der Waals surface area contributed by atoms with Gasteiger partial charge in [-0.25, -0.2) is 9.07 Å². The van der Waals surface area contributed by atoms with E-state index in [-0.39, 0.29) is 22.4 Å². The lowest BCUT2D eigenvalue weighted by Gasteiger charge is -2.09. The predicted molar refractivity (Wildman–Crippen MR) is 122 cm³/mol. The Hall–Kier alpha value is -3.64. The third kappa shape index (κ3) is 4.98. The van der Waals surface area contributed by atoms with E-state index < -0.39 is 0 Å². The molecule has 32 heavy (non-hydrogen) atoms. The number of halogens is 2. The van der Waals surface area contributed by atoms with Crippen LogP contribution in [-0.4, -0.2) is 15.7 Å². The number of nitrogens with zero attached hydrogens (tertiary/aromatic N) is 2. The van der Waals surface area contributed by atoms with Gasteiger partial charge in [-0.15, -0.1) is 0 Å². The van der Waals surface area contributed by atoms with Gasteiger partial charge in [0.25, 0.3) is 5.91 Å². The predicted octanol–water partition coefficient (Wildman–Crippen LogP) is 5.48. The third-order valence-electron chi connectivity index (χ3n) is 4.90. The van der Waals surface area contributed by atoms with Crippen molar-refractivity contribution in [2.45, 2.75) is 20.1 Å². The van der Waals surface area contributed by atoms with E-state index in [4.69, 9.17) is 16.3 Å². The van der Waals surface area contributed by atoms with E-state index in [2.05, 4.69) is 10.4 Å². The van der Waals surface area contributed by atoms with E-state index >= 15 is 0 Å². The minimum atomic E-state index is -0.360. The molecule has 0 radical (unpaired) electrons. The highest BCUT2D eigenvalue weighted by atomic mass is 35.5. The second-order valence-corrected chi connectivity index (χ2v) is 7.60. The lowest BCUT2D eigenvalue weighted by molar-refractivity contribution is 0.0950. The molecule has 1 N–H and O–H groups in total. The zero-order valence-corrected chi connectivity index (χ0v) is 18.1. The van der Waals surface area contributed by atoms with Gasteiger partial charge in [0.05, 0.1) is 16.9 Å². The number of carbonyl (C=O) groups is 1. The van der Waals surface area contributed by atoms with Crippen molar-refractivity contribution in [3.63, 3.8) is 0 Å². The topological polar surface area (TPSA) is 56.2 Å². The number of nitrogens with one attached hydrogen (secondary N) is 1. The van der Waals surface area contributed by atoms with Gasteiger partial charge >= 0.3 is 0 Å². The molecule has 0 aliphatic heterocycles. The fourth-order valence-corrected chi connectivity index (χ4v) is 3.63. The molecule has 1 heterocycles. The first-order chi connectivity index (χ1) is 15.5. The number of hydrogen-bond donors (Lipinski definition) is 1. The zero-order valence-electron chi connectivity index (χ0n) is 17.4. The van der Waals surface area contributed by atoms with Crippen LogP contribution in [-0.2, 0) is 13.2 Å². The largest absolute Gasteiger partial charge is 0.489 e. The number of rotatable bonds is 7. The quantitative estimate of drug-likeness (QED) is 0.406. The molecule has 0 saturated heterocycles. The molecule has 0 bridgehead atoms. The summed E-state index contributed by atoms with van der Waals surface area (Å²) >= 11 is 6.43. The molecule has 1 amide bonds. The number of aromatic nitrogens is 2. The summed E-state index contributed by atoms with van der Waals surface area (Å²) in [5.74, 6) is 0.0251. The summed E-state index contributed by atoms with van der Waals surface area (Å²) in [5, 5.41) is 7.39. The molecule has 0 saturated carbocycles. The Morgan fingerprint density at radius 3 is 2.50 bits per heavy atom. The first kappa shape index (κ1) is 21.6. The van der Waals surface area contributed by atoms with Crippen molar-refractivity contribution < 1.29 is 13.9 Å². The van der Waals surface area contributed by atoms with Crippen LogP contribution < -0.4 is 10.1 Å². The Morgan fingerprint density at radius 1 is 1.03 bits per heavy atom. The van der Waals surface area contributed by atoms with E-state index in [1.54, 1.807) is 19.1 Å². The molecule has 3 aromatic carbocycles. The number of benzene rings is 3. The van der Waals surface area contributed by atoms with E-state index in [1.807, 2.05) is 54.6 Å². The molecule has 1 aromatic heterocycles. The number of carbonyl (C=O) groups excluding carboxylic acids is 1. The molecule has 0 aliphatic carbocycles. The van der Waals surface area contributed by atoms with Gasteiger partial charge in [0.1, 0.15) is 23.3 Å². The summed E-state index contributed by atoms with van der Waals surface area (Å²) in [6.45, 7) is 2.48. The first-order valence-electron chi connectivity index (χ1n) is 10.1. The standard InChI is InChI=1S/C25H21ClFN3O2/c1-17-23(24(26)30(29-17)21-12-10-20(27)11-13-21)25(31)28-15-19-8-5-9-22(14-19)32-16-18-6-3-2-4-7-18/h2-14H,15-16H2,1H3,(H,28,31). The second-order valence-electron chi connectivity index (χ2n) is 7.24. The number of amides is 1. The second kappa shape index (κ2) is 9.66. The Kier molecular flexibility index (Phi) is 6.52. The molecule has 0 unspecified atom stereocenters. The van der Waals surface area contributed by atoms with E-state index in [0.717, 1.165) is 16.9 Å². The molecule has 7 heteroatoms. The lowest BCUT2D eigenvalue weighted by atomic mass is 10.2. The lowest BCUT2D eigenvalue weighted by Crippen LogP contribution is -2.23. The number of hydrogen-bond acceptors (Lipinski definition) is 3. The van der Waals surface area contributed by atoms with Crippen LogP contribution in [0.2, 0.25) is 5.15 Å². The van der Waals surface area contributed by atoms with Crippen molar-refractivity contribution in [3.8, 4) is 11.4 Å². The van der Waals surface area contributed by atoms with E-state index in [1.165, 1.54) is 16.8 Å². The van der Waals surface area contributed by atoms with Gasteiger partial charge in [0.2, 0.25) is 0 Å². The Balaban J connectivity index is 1.42. The number of ether oxygens (including phenoxy) is 1. The fourth-order valence-electron chi connectivity index (χ4n) is 3.27. The van der Waals surface area contributed by atoms with Crippen LogP contribution >= 0.6 is 11.6 Å². The molecular weight excluding hydrogens is 429 g/mol. The molecule has 162 valence electrons. The summed E-state index contributed by atoms with van der Waals surface area (Å²) in [6, 6.07) is 23.2. The average Bonchev–Trinajstić information content (AvgIpc) is 3.11. The van der Waals surface area contributed by atoms with Crippen LogP contribution in [0.3, 0.4) is 0 Å². The minimum Gasteiger partial charge on any atom is -0.489 e. The number of aryl methyl sites for hydroxylation is 1. The third-order valence-corrected chi connectivity index (χ3v) is 5.25. The summed E-state index contributed by atoms with van der Waals surface area (Å²) in [5.41, 5.74) is 3.31. The molecule has 0 spiro atoms. The highest BCUT2D eigenvalue weighted by molar-refractivity contribution is 6.33. The molecule has 0 atom stereocenters. The van der Waals surface area contributed by atoms with Gasteiger partial charge in [-0.2, -0.15) is 5.10 Å². The summed E-state index contributed by atoms with van der Waals surface area (Å²) < 4.78 is 20.5. The maximum atomic E-state index is 13.2. The Morgan fingerprint density at radius 2 is 1.75 bits per heavy atom. The molecule has 0 fully saturated rings. The summed E-state index contributed by atoms with van der Waals surface area (Å²) in [4.78, 5) is 12.8. The van der Waals surface area contributed by atoms with Crippen LogP contribution in [0.25, 0.3) is 5.69 Å². The van der Waals surface area contributed by atoms with Crippen LogP contribution in [0.15, 0.2) is 78.9 Å². The zero-order chi connectivity index (χ0) is 22.5. The summed E-state index contributed by atoms with van der Waals surface area (Å²) in [6.07, 6.45) is 0. The van der Waals surface area contributed by atoms with E-state index in [0.29, 0.717) is 24.5 Å². The van der Waals surface area contributed by atoms with Crippen LogP contribution in [0, 0.1) is 12.7 Å². The van der Waals surface area contributed by atoms with Crippen molar-refractivity contribution >= 4 is 17.5 Å². The first-order valence-corrected chi connectivity index (χ1v) is 10.4. The van der Waals surface area contributed by atoms with Crippen LogP contribution in [0.4, 0.5) is 4.39 Å². The van der Waals surface area contributed by atoms with Gasteiger partial charge in [0, 0.05) is 6.54 Å². The van der Waals surface area contributed by atoms with Crippen molar-refractivity contribution in [1.29, 1.82) is 0 Å². The Bertz CT molecular complexity index is 1220. The Labute approximate surface area is 190 Å². The monoisotopic (exact) mass is 449 g/mol. The normalized spacial score (nSPS) is 10.7. The average molecular weight is 450 g/mol. The van der Waals surface area contributed by atoms with Gasteiger partial charge < -0.3 is 10.1 Å². The van der Waals surface area contributed by atoms with Crippen molar-refractivity contribution in [2.75, 3.05) is 0 Å². The molecule has 0 aliphatic rings. The molecule has 4 aromatic rings. The smallest absolute Gasteiger partial charge is 0.256 e. The molecule has 5 nitrogen and oxygen atoms in total. The van der Waals surface area contributed by atoms with Crippen LogP contribution in [0.1, 0.15) is 27.2 Å². The minimum absolute atomic E-state index is 0.173. The van der Waals surface area contributed by atoms with Gasteiger partial charge in [-0.05, 0) is 54.4 Å². The van der Waals surface area contributed by atoms with Gasteiger partial charge in [-0.1, -0.05) is 54.1 Å². The molecular formula is C25H21ClFN3O2. The van der Waals surface area contributed by atoms with Gasteiger partial charge in [0.15, 0.2) is 0 Å². The maximum absolute atomic E-state index is 13.2. The van der Waals surface area contributed by atoms with Crippen molar-refractivity contribution in [2.24, 2.45) is 0 Å². The van der Waals surface area contributed by atoms with Crippen molar-refractivity contribution in [1.82, 2.24) is 15.1 Å². The fraction of sp³-hybridized carbons (Fsp3) is 0.120. The van der Waals surface area contributed by atoms with Crippen LogP contribution in [0.5, 0.6) is 5.75 Å². The van der Waals surface area contributed by atoms with Gasteiger partial charge in [-0.3, -0.25) is 4.79 Å². The van der Waals surface area contributed by atoms with Crippen molar-refractivity contribution in [3.05, 3.63) is 112 Å². The molecule has 4 rings (SSSR count). The van der Waals surface area contributed by atoms with E-state index in [9.17, 15) is 9.18 Å².